The molecule has 0 aliphatic heterocycles. The molecule has 0 heterocycles. The van der Waals surface area contributed by atoms with Crippen LogP contribution < -0.4 is 0 Å². The molecular formula is C25H32O8. The van der Waals surface area contributed by atoms with Crippen LogP contribution in [0.3, 0.4) is 0 Å². The number of carbonyl (C=O) groups is 5. The first-order chi connectivity index (χ1) is 16.9. The van der Waals surface area contributed by atoms with E-state index in [1.54, 1.807) is 13.0 Å². The minimum absolute atomic E-state index is 0.0157. The molecule has 0 amide bonds. The molecule has 6 atom stereocenters. The van der Waals surface area contributed by atoms with Gasteiger partial charge in [0.05, 0.1) is 12.7 Å². The molecule has 0 unspecified atom stereocenters. The van der Waals surface area contributed by atoms with Crippen molar-refractivity contribution in [2.75, 3.05) is 6.61 Å². The summed E-state index contributed by atoms with van der Waals surface area (Å²) in [6.07, 6.45) is -2.85. The van der Waals surface area contributed by atoms with Crippen molar-refractivity contribution in [3.05, 3.63) is 11.6 Å². The Balaban J connectivity index is 1.55. The standard InChI is InChI=1S/C25H32O8/c1-23-9-7-15(26)11-14(23)3-4-16-17-8-10-25(32,24(17,2)12-18(27)22(16)23)19(28)13-33-21(31)6-5-20(29)30/h11,16-17,22,32H,3-10,12-13H2,1-2H3,(H,29,30)/t16-,17-,22+,23-,24-,25-/m0/s1/i5D2,6D2. The van der Waals surface area contributed by atoms with Gasteiger partial charge in [0.25, 0.3) is 0 Å². The number of carbonyl (C=O) groups excluding carboxylic acids is 4. The first-order valence-corrected chi connectivity index (χ1v) is 11.4. The molecule has 0 radical (unpaired) electrons. The van der Waals surface area contributed by atoms with E-state index < -0.39 is 53.5 Å². The molecule has 0 aromatic carbocycles. The number of allylic oxidation sites excluding steroid dienone is 1. The molecule has 0 saturated heterocycles. The maximum absolute atomic E-state index is 13.6. The van der Waals surface area contributed by atoms with Crippen molar-refractivity contribution in [3.63, 3.8) is 0 Å². The first-order valence-electron chi connectivity index (χ1n) is 13.4. The number of aliphatic hydroxyl groups is 1. The molecule has 0 aromatic heterocycles. The number of fused-ring (bicyclic) bond motifs is 5. The van der Waals surface area contributed by atoms with Crippen LogP contribution in [0.1, 0.15) is 77.0 Å². The molecule has 4 aliphatic rings. The smallest absolute Gasteiger partial charge is 0.306 e. The number of carboxylic acids is 1. The molecule has 2 N–H and O–H groups in total. The third kappa shape index (κ3) is 3.66. The molecular weight excluding hydrogens is 428 g/mol. The Kier molecular flexibility index (Phi) is 4.69. The van der Waals surface area contributed by atoms with E-state index in [-0.39, 0.29) is 42.2 Å². The molecule has 3 fully saturated rings. The van der Waals surface area contributed by atoms with Crippen molar-refractivity contribution in [3.8, 4) is 0 Å². The van der Waals surface area contributed by atoms with E-state index in [4.69, 9.17) is 10.6 Å². The maximum Gasteiger partial charge on any atom is 0.306 e. The SMILES string of the molecule is [2H]C([2H])(C(=O)O)C([2H])([2H])C(=O)OCC(=O)[C@@]1(O)CC[C@H]2[C@@H]3CCC4=CC(=O)CC[C@]4(C)[C@H]3C(=O)C[C@@]21C. The van der Waals surface area contributed by atoms with Crippen molar-refractivity contribution < 1.29 is 44.4 Å². The Hall–Kier alpha value is -2.35. The number of Topliss-reactive ketones (excluding diaryl/α,β-unsaturated/α-hetero) is 2. The largest absolute Gasteiger partial charge is 0.481 e. The Labute approximate surface area is 198 Å². The van der Waals surface area contributed by atoms with Crippen molar-refractivity contribution in [2.24, 2.45) is 28.6 Å². The Morgan fingerprint density at radius 1 is 1.15 bits per heavy atom. The van der Waals surface area contributed by atoms with Crippen LogP contribution in [0.2, 0.25) is 0 Å². The van der Waals surface area contributed by atoms with E-state index >= 15 is 0 Å². The minimum atomic E-state index is -3.60. The van der Waals surface area contributed by atoms with Crippen molar-refractivity contribution in [2.45, 2.75) is 77.1 Å². The number of carboxylic acid groups (broad SMARTS) is 1. The summed E-state index contributed by atoms with van der Waals surface area (Å²) in [6.45, 7) is 2.62. The molecule has 3 saturated carbocycles. The average molecular weight is 465 g/mol. The lowest BCUT2D eigenvalue weighted by Gasteiger charge is -2.57. The van der Waals surface area contributed by atoms with Crippen LogP contribution in [0.5, 0.6) is 0 Å². The van der Waals surface area contributed by atoms with Crippen LogP contribution in [0.15, 0.2) is 11.6 Å². The summed E-state index contributed by atoms with van der Waals surface area (Å²) in [4.78, 5) is 62.1. The highest BCUT2D eigenvalue weighted by Crippen LogP contribution is 2.66. The zero-order chi connectivity index (χ0) is 27.8. The fourth-order valence-electron chi connectivity index (χ4n) is 7.24. The third-order valence-electron chi connectivity index (χ3n) is 8.87. The summed E-state index contributed by atoms with van der Waals surface area (Å²) in [5.74, 6) is -5.62. The number of ether oxygens (including phenoxy) is 1. The lowest BCUT2D eigenvalue weighted by Crippen LogP contribution is -2.61. The summed E-state index contributed by atoms with van der Waals surface area (Å²) >= 11 is 0. The average Bonchev–Trinajstić information content (AvgIpc) is 3.08. The number of hydrogen-bond donors (Lipinski definition) is 2. The molecule has 8 nitrogen and oxygen atoms in total. The van der Waals surface area contributed by atoms with Gasteiger partial charge in [0.1, 0.15) is 11.4 Å². The van der Waals surface area contributed by atoms with Crippen molar-refractivity contribution >= 4 is 29.3 Å². The van der Waals surface area contributed by atoms with Crippen LogP contribution in [-0.4, -0.2) is 51.7 Å². The zero-order valence-corrected chi connectivity index (χ0v) is 18.8. The van der Waals surface area contributed by atoms with Gasteiger partial charge in [-0.1, -0.05) is 19.4 Å². The van der Waals surface area contributed by atoms with E-state index in [2.05, 4.69) is 4.74 Å². The predicted octanol–water partition coefficient (Wildman–Crippen LogP) is 2.41. The molecule has 180 valence electrons. The lowest BCUT2D eigenvalue weighted by atomic mass is 9.46. The second kappa shape index (κ2) is 8.15. The van der Waals surface area contributed by atoms with E-state index in [9.17, 15) is 29.1 Å². The summed E-state index contributed by atoms with van der Waals surface area (Å²) in [7, 11) is 0. The van der Waals surface area contributed by atoms with Gasteiger partial charge in [0.15, 0.2) is 12.4 Å². The van der Waals surface area contributed by atoms with E-state index in [0.717, 1.165) is 5.57 Å². The molecule has 8 heteroatoms. The molecule has 33 heavy (non-hydrogen) atoms. The van der Waals surface area contributed by atoms with Gasteiger partial charge in [-0.25, -0.2) is 0 Å². The topological polar surface area (TPSA) is 135 Å². The summed E-state index contributed by atoms with van der Waals surface area (Å²) in [6, 6.07) is 0. The molecule has 0 aromatic rings. The monoisotopic (exact) mass is 464 g/mol. The quantitative estimate of drug-likeness (QED) is 0.572. The Bertz CT molecular complexity index is 1120. The van der Waals surface area contributed by atoms with Crippen LogP contribution >= 0.6 is 0 Å². The van der Waals surface area contributed by atoms with Gasteiger partial charge in [0.2, 0.25) is 5.78 Å². The van der Waals surface area contributed by atoms with Gasteiger partial charge >= 0.3 is 11.9 Å². The highest BCUT2D eigenvalue weighted by atomic mass is 16.5. The van der Waals surface area contributed by atoms with Crippen LogP contribution in [0.4, 0.5) is 0 Å². The van der Waals surface area contributed by atoms with Gasteiger partial charge in [0, 0.05) is 29.7 Å². The minimum Gasteiger partial charge on any atom is -0.481 e. The fraction of sp³-hybridized carbons (Fsp3) is 0.720. The second-order valence-corrected chi connectivity index (χ2v) is 10.4. The van der Waals surface area contributed by atoms with Crippen molar-refractivity contribution in [1.82, 2.24) is 0 Å². The fourth-order valence-corrected chi connectivity index (χ4v) is 7.24. The van der Waals surface area contributed by atoms with Crippen LogP contribution in [-0.2, 0) is 28.7 Å². The summed E-state index contributed by atoms with van der Waals surface area (Å²) in [5.41, 5.74) is -2.62. The molecule has 4 aliphatic carbocycles. The number of aliphatic carboxylic acids is 1. The second-order valence-electron chi connectivity index (χ2n) is 10.4. The van der Waals surface area contributed by atoms with E-state index in [1.807, 2.05) is 6.92 Å². The Morgan fingerprint density at radius 3 is 2.58 bits per heavy atom. The molecule has 4 rings (SSSR count). The van der Waals surface area contributed by atoms with Gasteiger partial charge in [-0.05, 0) is 55.4 Å². The normalized spacial score (nSPS) is 42.4. The zero-order valence-electron chi connectivity index (χ0n) is 22.8. The van der Waals surface area contributed by atoms with Crippen molar-refractivity contribution in [1.29, 1.82) is 0 Å². The predicted molar refractivity (Wildman–Crippen MR) is 115 cm³/mol. The summed E-state index contributed by atoms with van der Waals surface area (Å²) in [5, 5.41) is 20.5. The van der Waals surface area contributed by atoms with Crippen LogP contribution in [0.25, 0.3) is 0 Å². The third-order valence-corrected chi connectivity index (χ3v) is 8.87. The first kappa shape index (κ1) is 19.0. The van der Waals surface area contributed by atoms with E-state index in [0.29, 0.717) is 32.1 Å². The number of ketones is 3. The highest BCUT2D eigenvalue weighted by molar-refractivity contribution is 5.95. The van der Waals surface area contributed by atoms with Gasteiger partial charge in [-0.2, -0.15) is 0 Å². The van der Waals surface area contributed by atoms with Gasteiger partial charge < -0.3 is 14.9 Å². The molecule has 0 bridgehead atoms. The van der Waals surface area contributed by atoms with Gasteiger partial charge in [-0.15, -0.1) is 0 Å². The number of esters is 1. The lowest BCUT2D eigenvalue weighted by molar-refractivity contribution is -0.174. The van der Waals surface area contributed by atoms with Crippen LogP contribution in [0, 0.1) is 28.6 Å². The highest BCUT2D eigenvalue weighted by Gasteiger charge is 2.68. The summed E-state index contributed by atoms with van der Waals surface area (Å²) < 4.78 is 34.5. The Morgan fingerprint density at radius 2 is 1.88 bits per heavy atom. The number of rotatable bonds is 6. The van der Waals surface area contributed by atoms with E-state index in [1.165, 1.54) is 0 Å². The van der Waals surface area contributed by atoms with Gasteiger partial charge in [-0.3, -0.25) is 24.0 Å². The maximum atomic E-state index is 13.6. The molecule has 0 spiro atoms. The number of hydrogen-bond acceptors (Lipinski definition) is 7.